The summed E-state index contributed by atoms with van der Waals surface area (Å²) in [5, 5.41) is 3.03. The summed E-state index contributed by atoms with van der Waals surface area (Å²) in [7, 11) is -4.07. The van der Waals surface area contributed by atoms with Gasteiger partial charge in [-0.05, 0) is 55.3 Å². The molecule has 0 aliphatic heterocycles. The summed E-state index contributed by atoms with van der Waals surface area (Å²) >= 11 is 0. The summed E-state index contributed by atoms with van der Waals surface area (Å²) in [5.74, 6) is -2.56. The molecule has 2 N–H and O–H groups in total. The van der Waals surface area contributed by atoms with Gasteiger partial charge in [-0.1, -0.05) is 25.7 Å². The molecule has 0 radical (unpaired) electrons. The molecule has 0 unspecified atom stereocenters. The summed E-state index contributed by atoms with van der Waals surface area (Å²) in [6.45, 7) is 0. The lowest BCUT2D eigenvalue weighted by molar-refractivity contribution is 0.0933. The van der Waals surface area contributed by atoms with Gasteiger partial charge in [0.1, 0.15) is 0 Å². The van der Waals surface area contributed by atoms with E-state index in [-0.39, 0.29) is 22.5 Å². The molecule has 1 aliphatic rings. The van der Waals surface area contributed by atoms with Crippen LogP contribution in [0.15, 0.2) is 47.4 Å². The van der Waals surface area contributed by atoms with E-state index in [0.717, 1.165) is 37.8 Å². The normalized spacial score (nSPS) is 15.6. The Labute approximate surface area is 163 Å². The highest BCUT2D eigenvalue weighted by Gasteiger charge is 2.18. The van der Waals surface area contributed by atoms with Crippen molar-refractivity contribution in [2.75, 3.05) is 4.72 Å². The number of hydrogen-bond acceptors (Lipinski definition) is 3. The van der Waals surface area contributed by atoms with Gasteiger partial charge in [0.05, 0.1) is 4.90 Å². The van der Waals surface area contributed by atoms with Crippen molar-refractivity contribution < 1.29 is 22.0 Å². The van der Waals surface area contributed by atoms with Crippen LogP contribution in [0.1, 0.15) is 48.9 Å². The van der Waals surface area contributed by atoms with Gasteiger partial charge < -0.3 is 5.32 Å². The molecule has 3 rings (SSSR count). The molecule has 2 aromatic carbocycles. The number of carbonyl (C=O) groups excluding carboxylic acids is 1. The smallest absolute Gasteiger partial charge is 0.261 e. The molecular weight excluding hydrogens is 386 g/mol. The van der Waals surface area contributed by atoms with E-state index in [4.69, 9.17) is 0 Å². The van der Waals surface area contributed by atoms with Crippen LogP contribution < -0.4 is 10.0 Å². The highest BCUT2D eigenvalue weighted by molar-refractivity contribution is 7.92. The van der Waals surface area contributed by atoms with E-state index in [1.807, 2.05) is 0 Å². The average Bonchev–Trinajstić information content (AvgIpc) is 2.93. The number of halogens is 2. The number of benzene rings is 2. The van der Waals surface area contributed by atoms with Crippen molar-refractivity contribution in [3.63, 3.8) is 0 Å². The van der Waals surface area contributed by atoms with E-state index in [1.54, 1.807) is 0 Å². The van der Waals surface area contributed by atoms with E-state index in [2.05, 4.69) is 10.0 Å². The Balaban J connectivity index is 1.66. The molecule has 0 bridgehead atoms. The molecule has 8 heteroatoms. The zero-order valence-corrected chi connectivity index (χ0v) is 16.1. The third-order valence-corrected chi connectivity index (χ3v) is 6.17. The molecule has 0 spiro atoms. The number of amides is 1. The highest BCUT2D eigenvalue weighted by atomic mass is 32.2. The van der Waals surface area contributed by atoms with Crippen molar-refractivity contribution in [2.24, 2.45) is 0 Å². The van der Waals surface area contributed by atoms with Gasteiger partial charge in [-0.15, -0.1) is 0 Å². The molecule has 1 amide bonds. The number of rotatable bonds is 5. The topological polar surface area (TPSA) is 75.3 Å². The quantitative estimate of drug-likeness (QED) is 0.728. The maximum atomic E-state index is 13.3. The number of nitrogens with one attached hydrogen (secondary N) is 2. The molecule has 0 atom stereocenters. The molecule has 5 nitrogen and oxygen atoms in total. The third kappa shape index (κ3) is 5.07. The standard InChI is InChI=1S/C20H22F2N2O3S/c21-18-12-11-17(13-19(18)22)28(26,27)24-16-9-7-14(8-10-16)20(25)23-15-5-3-1-2-4-6-15/h7-13,15,24H,1-6H2,(H,23,25). The molecule has 1 fully saturated rings. The van der Waals surface area contributed by atoms with Crippen molar-refractivity contribution in [2.45, 2.75) is 49.5 Å². The van der Waals surface area contributed by atoms with Crippen LogP contribution in [-0.4, -0.2) is 20.4 Å². The second kappa shape index (κ2) is 8.68. The lowest BCUT2D eigenvalue weighted by Crippen LogP contribution is -2.34. The van der Waals surface area contributed by atoms with Crippen molar-refractivity contribution in [3.8, 4) is 0 Å². The minimum Gasteiger partial charge on any atom is -0.349 e. The van der Waals surface area contributed by atoms with E-state index in [1.165, 1.54) is 37.1 Å². The molecule has 0 saturated heterocycles. The Morgan fingerprint density at radius 1 is 0.893 bits per heavy atom. The lowest BCUT2D eigenvalue weighted by atomic mass is 10.1. The van der Waals surface area contributed by atoms with Crippen molar-refractivity contribution in [1.29, 1.82) is 0 Å². The Kier molecular flexibility index (Phi) is 6.28. The predicted molar refractivity (Wildman–Crippen MR) is 103 cm³/mol. The predicted octanol–water partition coefficient (Wildman–Crippen LogP) is 4.22. The van der Waals surface area contributed by atoms with Gasteiger partial charge in [0.2, 0.25) is 0 Å². The molecule has 1 saturated carbocycles. The molecular formula is C20H22F2N2O3S. The van der Waals surface area contributed by atoms with E-state index < -0.39 is 21.7 Å². The maximum absolute atomic E-state index is 13.3. The Bertz CT molecular complexity index is 938. The fourth-order valence-electron chi connectivity index (χ4n) is 3.24. The molecule has 150 valence electrons. The van der Waals surface area contributed by atoms with Gasteiger partial charge in [0.25, 0.3) is 15.9 Å². The van der Waals surface area contributed by atoms with Gasteiger partial charge in [-0.3, -0.25) is 9.52 Å². The summed E-state index contributed by atoms with van der Waals surface area (Å²) in [6, 6.07) is 8.48. The summed E-state index contributed by atoms with van der Waals surface area (Å²) in [6.07, 6.45) is 6.54. The molecule has 1 aliphatic carbocycles. The van der Waals surface area contributed by atoms with Crippen LogP contribution in [0, 0.1) is 11.6 Å². The Morgan fingerprint density at radius 3 is 2.14 bits per heavy atom. The van der Waals surface area contributed by atoms with Gasteiger partial charge in [0, 0.05) is 17.3 Å². The van der Waals surface area contributed by atoms with E-state index >= 15 is 0 Å². The van der Waals surface area contributed by atoms with Crippen LogP contribution in [0.4, 0.5) is 14.5 Å². The maximum Gasteiger partial charge on any atom is 0.261 e. The molecule has 28 heavy (non-hydrogen) atoms. The van der Waals surface area contributed by atoms with Crippen molar-refractivity contribution in [1.82, 2.24) is 5.32 Å². The SMILES string of the molecule is O=C(NC1CCCCCC1)c1ccc(NS(=O)(=O)c2ccc(F)c(F)c2)cc1. The zero-order valence-electron chi connectivity index (χ0n) is 15.3. The highest BCUT2D eigenvalue weighted by Crippen LogP contribution is 2.20. The minimum absolute atomic E-state index is 0.168. The Hall–Kier alpha value is -2.48. The monoisotopic (exact) mass is 408 g/mol. The summed E-state index contributed by atoms with van der Waals surface area (Å²) in [5.41, 5.74) is 0.649. The van der Waals surface area contributed by atoms with Crippen LogP contribution in [0.25, 0.3) is 0 Å². The molecule has 2 aromatic rings. The van der Waals surface area contributed by atoms with E-state index in [0.29, 0.717) is 11.6 Å². The number of sulfonamides is 1. The van der Waals surface area contributed by atoms with Crippen LogP contribution in [0.5, 0.6) is 0 Å². The fraction of sp³-hybridized carbons (Fsp3) is 0.350. The molecule has 0 heterocycles. The summed E-state index contributed by atoms with van der Waals surface area (Å²) in [4.78, 5) is 12.0. The van der Waals surface area contributed by atoms with Crippen LogP contribution in [0.3, 0.4) is 0 Å². The first kappa shape index (κ1) is 20.3. The summed E-state index contributed by atoms with van der Waals surface area (Å²) < 4.78 is 53.2. The van der Waals surface area contributed by atoms with Gasteiger partial charge in [-0.2, -0.15) is 0 Å². The average molecular weight is 408 g/mol. The first-order valence-electron chi connectivity index (χ1n) is 9.24. The second-order valence-corrected chi connectivity index (χ2v) is 8.60. The number of anilines is 1. The second-order valence-electron chi connectivity index (χ2n) is 6.92. The Morgan fingerprint density at radius 2 is 1.54 bits per heavy atom. The van der Waals surface area contributed by atoms with Crippen molar-refractivity contribution in [3.05, 3.63) is 59.7 Å². The van der Waals surface area contributed by atoms with Crippen molar-refractivity contribution >= 4 is 21.6 Å². The van der Waals surface area contributed by atoms with E-state index in [9.17, 15) is 22.0 Å². The fourth-order valence-corrected chi connectivity index (χ4v) is 4.31. The minimum atomic E-state index is -4.07. The number of carbonyl (C=O) groups is 1. The van der Waals surface area contributed by atoms with Crippen LogP contribution >= 0.6 is 0 Å². The third-order valence-electron chi connectivity index (χ3n) is 4.79. The van der Waals surface area contributed by atoms with Gasteiger partial charge in [0.15, 0.2) is 11.6 Å². The molecule has 0 aromatic heterocycles. The van der Waals surface area contributed by atoms with Gasteiger partial charge >= 0.3 is 0 Å². The zero-order chi connectivity index (χ0) is 20.1. The van der Waals surface area contributed by atoms with Crippen LogP contribution in [0.2, 0.25) is 0 Å². The number of hydrogen-bond donors (Lipinski definition) is 2. The first-order valence-corrected chi connectivity index (χ1v) is 10.7. The van der Waals surface area contributed by atoms with Gasteiger partial charge in [-0.25, -0.2) is 17.2 Å². The van der Waals surface area contributed by atoms with Crippen LogP contribution in [-0.2, 0) is 10.0 Å². The first-order chi connectivity index (χ1) is 13.3. The lowest BCUT2D eigenvalue weighted by Gasteiger charge is -2.16. The largest absolute Gasteiger partial charge is 0.349 e.